The van der Waals surface area contributed by atoms with Crippen molar-refractivity contribution in [3.05, 3.63) is 71.5 Å². The molecule has 2 aliphatic heterocycles. The Bertz CT molecular complexity index is 1330. The summed E-state index contributed by atoms with van der Waals surface area (Å²) in [6.07, 6.45) is 13.2. The zero-order valence-electron chi connectivity index (χ0n) is 22.2. The van der Waals surface area contributed by atoms with Crippen LogP contribution >= 0.6 is 0 Å². The lowest BCUT2D eigenvalue weighted by Gasteiger charge is -2.29. The maximum absolute atomic E-state index is 13.2. The van der Waals surface area contributed by atoms with Crippen molar-refractivity contribution in [3.63, 3.8) is 0 Å². The molecule has 2 aliphatic rings. The first-order chi connectivity index (χ1) is 18.6. The highest BCUT2D eigenvalue weighted by Crippen LogP contribution is 2.26. The summed E-state index contributed by atoms with van der Waals surface area (Å²) in [5, 5.41) is 11.1. The summed E-state index contributed by atoms with van der Waals surface area (Å²) in [5.41, 5.74) is 6.06. The molecule has 1 amide bonds. The topological polar surface area (TPSA) is 89.5 Å². The molecular weight excluding hydrogens is 474 g/mol. The Hall–Kier alpha value is -3.78. The van der Waals surface area contributed by atoms with Crippen LogP contribution in [0.2, 0.25) is 0 Å². The van der Waals surface area contributed by atoms with Gasteiger partial charge >= 0.3 is 0 Å². The highest BCUT2D eigenvalue weighted by atomic mass is 16.1. The predicted molar refractivity (Wildman–Crippen MR) is 154 cm³/mol. The number of anilines is 1. The largest absolute Gasteiger partial charge is 0.370 e. The number of aromatic nitrogens is 3. The van der Waals surface area contributed by atoms with E-state index in [9.17, 15) is 4.79 Å². The molecule has 0 radical (unpaired) electrons. The van der Waals surface area contributed by atoms with Gasteiger partial charge in [0, 0.05) is 31.2 Å². The van der Waals surface area contributed by atoms with Crippen LogP contribution in [-0.4, -0.2) is 63.8 Å². The number of aromatic amines is 1. The van der Waals surface area contributed by atoms with Crippen LogP contribution in [0.15, 0.2) is 59.5 Å². The molecule has 0 aliphatic carbocycles. The molecular formula is C30H37N7O. The van der Waals surface area contributed by atoms with Crippen molar-refractivity contribution in [2.45, 2.75) is 52.0 Å². The Morgan fingerprint density at radius 3 is 2.55 bits per heavy atom. The minimum Gasteiger partial charge on any atom is -0.370 e. The second kappa shape index (κ2) is 12.2. The maximum atomic E-state index is 13.2. The molecule has 0 spiro atoms. The molecule has 5 rings (SSSR count). The molecule has 0 bridgehead atoms. The van der Waals surface area contributed by atoms with E-state index in [4.69, 9.17) is 0 Å². The third kappa shape index (κ3) is 6.19. The molecule has 3 aromatic rings. The smallest absolute Gasteiger partial charge is 0.276 e. The quantitative estimate of drug-likeness (QED) is 0.302. The Morgan fingerprint density at radius 1 is 1.08 bits per heavy atom. The number of likely N-dealkylation sites (tertiary alicyclic amines) is 2. The number of rotatable bonds is 8. The molecule has 8 nitrogen and oxygen atoms in total. The fourth-order valence-corrected chi connectivity index (χ4v) is 5.32. The lowest BCUT2D eigenvalue weighted by Crippen LogP contribution is -2.29. The second-order valence-electron chi connectivity index (χ2n) is 10.3. The normalized spacial score (nSPS) is 17.6. The van der Waals surface area contributed by atoms with Crippen LogP contribution in [0.25, 0.3) is 16.5 Å². The molecule has 2 saturated heterocycles. The van der Waals surface area contributed by atoms with Crippen molar-refractivity contribution in [2.75, 3.05) is 31.5 Å². The Balaban J connectivity index is 1.30. The summed E-state index contributed by atoms with van der Waals surface area (Å²) in [6.45, 7) is 10.9. The number of amides is 1. The minimum atomic E-state index is -0.259. The van der Waals surface area contributed by atoms with E-state index in [1.165, 1.54) is 38.5 Å². The van der Waals surface area contributed by atoms with Crippen molar-refractivity contribution in [2.24, 2.45) is 4.99 Å². The molecule has 2 fully saturated rings. The molecule has 0 unspecified atom stereocenters. The lowest BCUT2D eigenvalue weighted by molar-refractivity contribution is 0.102. The average molecular weight is 512 g/mol. The van der Waals surface area contributed by atoms with Crippen molar-refractivity contribution in [1.82, 2.24) is 25.0 Å². The van der Waals surface area contributed by atoms with Crippen LogP contribution in [0, 0.1) is 0 Å². The third-order valence-corrected chi connectivity index (χ3v) is 7.46. The third-order valence-electron chi connectivity index (χ3n) is 7.46. The van der Waals surface area contributed by atoms with Crippen molar-refractivity contribution in [1.29, 1.82) is 0 Å². The monoisotopic (exact) mass is 511 g/mol. The maximum Gasteiger partial charge on any atom is 0.276 e. The van der Waals surface area contributed by atoms with E-state index in [0.717, 1.165) is 66.2 Å². The number of carbonyl (C=O) groups is 1. The first kappa shape index (κ1) is 25.9. The number of fused-ring (bicyclic) bond motifs is 1. The summed E-state index contributed by atoms with van der Waals surface area (Å²) in [4.78, 5) is 26.6. The van der Waals surface area contributed by atoms with Gasteiger partial charge in [-0.15, -0.1) is 0 Å². The minimum absolute atomic E-state index is 0.259. The molecule has 0 atom stereocenters. The Labute approximate surface area is 224 Å². The Kier molecular flexibility index (Phi) is 8.28. The molecule has 0 saturated carbocycles. The number of H-pyrrole nitrogens is 1. The van der Waals surface area contributed by atoms with Gasteiger partial charge in [-0.05, 0) is 100 Å². The van der Waals surface area contributed by atoms with Crippen LogP contribution in [0.3, 0.4) is 0 Å². The van der Waals surface area contributed by atoms with Gasteiger partial charge in [0.2, 0.25) is 0 Å². The number of piperidine rings is 2. The molecule has 8 heteroatoms. The molecule has 4 heterocycles. The fraction of sp³-hybridized carbons (Fsp3) is 0.400. The molecule has 38 heavy (non-hydrogen) atoms. The summed E-state index contributed by atoms with van der Waals surface area (Å²) in [6, 6.07) is 9.95. The van der Waals surface area contributed by atoms with Crippen LogP contribution in [0.1, 0.15) is 67.2 Å². The lowest BCUT2D eigenvalue weighted by atomic mass is 10.0. The van der Waals surface area contributed by atoms with Gasteiger partial charge in [-0.25, -0.2) is 0 Å². The highest BCUT2D eigenvalue weighted by molar-refractivity contribution is 6.11. The van der Waals surface area contributed by atoms with Crippen LogP contribution < -0.4 is 5.32 Å². The standard InChI is InChI=1S/C30H37N7O/c1-22(17-26(20-31-2)37-15-7-4-8-16-37)23-9-12-28-27(18-23)29(35-34-28)30(38)33-24-10-11-25(32-19-24)21-36-13-5-3-6-14-36/h9-12,17-20H,2-8,13-16,21H2,1H3,(H,33,38)(H,34,35)/b22-17+,26-20+. The molecule has 1 aromatic carbocycles. The van der Waals surface area contributed by atoms with Gasteiger partial charge in [0.05, 0.1) is 28.8 Å². The highest BCUT2D eigenvalue weighted by Gasteiger charge is 2.17. The van der Waals surface area contributed by atoms with E-state index in [-0.39, 0.29) is 5.91 Å². The number of nitrogens with one attached hydrogen (secondary N) is 2. The number of carbonyl (C=O) groups excluding carboxylic acids is 1. The van der Waals surface area contributed by atoms with Crippen LogP contribution in [0.5, 0.6) is 0 Å². The first-order valence-electron chi connectivity index (χ1n) is 13.7. The average Bonchev–Trinajstić information content (AvgIpc) is 3.38. The number of hydrogen-bond donors (Lipinski definition) is 2. The number of pyridine rings is 1. The number of nitrogens with zero attached hydrogens (tertiary/aromatic N) is 5. The van der Waals surface area contributed by atoms with Crippen LogP contribution in [0.4, 0.5) is 5.69 Å². The van der Waals surface area contributed by atoms with Crippen molar-refractivity contribution >= 4 is 34.8 Å². The van der Waals surface area contributed by atoms with Crippen molar-refractivity contribution < 1.29 is 4.79 Å². The molecule has 2 aromatic heterocycles. The predicted octanol–water partition coefficient (Wildman–Crippen LogP) is 5.63. The summed E-state index contributed by atoms with van der Waals surface area (Å²) in [5.74, 6) is -0.259. The zero-order valence-corrected chi connectivity index (χ0v) is 22.2. The van der Waals surface area contributed by atoms with E-state index in [0.29, 0.717) is 11.4 Å². The van der Waals surface area contributed by atoms with Gasteiger partial charge < -0.3 is 10.2 Å². The number of allylic oxidation sites excluding steroid dienone is 2. The van der Waals surface area contributed by atoms with E-state index < -0.39 is 0 Å². The van der Waals surface area contributed by atoms with Gasteiger partial charge in [-0.1, -0.05) is 12.5 Å². The number of hydrogen-bond acceptors (Lipinski definition) is 6. The molecule has 2 N–H and O–H groups in total. The van der Waals surface area contributed by atoms with E-state index in [1.807, 2.05) is 36.5 Å². The first-order valence-corrected chi connectivity index (χ1v) is 13.7. The van der Waals surface area contributed by atoms with Gasteiger partial charge in [-0.2, -0.15) is 5.10 Å². The van der Waals surface area contributed by atoms with Gasteiger partial charge in [0.15, 0.2) is 5.69 Å². The zero-order chi connectivity index (χ0) is 26.3. The van der Waals surface area contributed by atoms with E-state index >= 15 is 0 Å². The summed E-state index contributed by atoms with van der Waals surface area (Å²) < 4.78 is 0. The second-order valence-corrected chi connectivity index (χ2v) is 10.3. The van der Waals surface area contributed by atoms with Gasteiger partial charge in [0.25, 0.3) is 5.91 Å². The molecule has 198 valence electrons. The van der Waals surface area contributed by atoms with Gasteiger partial charge in [-0.3, -0.25) is 24.8 Å². The Morgan fingerprint density at radius 2 is 1.84 bits per heavy atom. The SMILES string of the molecule is C=N/C=C(\C=C(/C)c1ccc2[nH]nc(C(=O)Nc3ccc(CN4CCCCC4)nc3)c2c1)N1CCCCC1. The summed E-state index contributed by atoms with van der Waals surface area (Å²) in [7, 11) is 0. The van der Waals surface area contributed by atoms with E-state index in [1.54, 1.807) is 6.20 Å². The number of aliphatic imine (C=N–C) groups is 1. The van der Waals surface area contributed by atoms with Crippen LogP contribution in [-0.2, 0) is 6.54 Å². The number of benzene rings is 1. The van der Waals surface area contributed by atoms with Crippen molar-refractivity contribution in [3.8, 4) is 0 Å². The van der Waals surface area contributed by atoms with E-state index in [2.05, 4.69) is 55.0 Å². The summed E-state index contributed by atoms with van der Waals surface area (Å²) >= 11 is 0. The van der Waals surface area contributed by atoms with Gasteiger partial charge in [0.1, 0.15) is 0 Å². The fourth-order valence-electron chi connectivity index (χ4n) is 5.32.